The number of aromatic amines is 1. The second-order valence-electron chi connectivity index (χ2n) is 4.07. The van der Waals surface area contributed by atoms with Crippen LogP contribution in [0.15, 0.2) is 17.2 Å². The van der Waals surface area contributed by atoms with Crippen molar-refractivity contribution in [1.29, 1.82) is 0 Å². The SMILES string of the molecule is CCCN(CC(=O)NC)S(=O)(=O)c1c[nH]c(C(=O)O)c1. The maximum atomic E-state index is 12.3. The molecular formula is C11H17N3O5S. The Morgan fingerprint density at radius 2 is 2.10 bits per heavy atom. The van der Waals surface area contributed by atoms with E-state index in [9.17, 15) is 18.0 Å². The number of amides is 1. The number of nitrogens with zero attached hydrogens (tertiary/aromatic N) is 1. The molecule has 0 spiro atoms. The molecule has 1 rings (SSSR count). The fourth-order valence-electron chi connectivity index (χ4n) is 1.57. The minimum atomic E-state index is -3.90. The van der Waals surface area contributed by atoms with Crippen LogP contribution in [-0.4, -0.2) is 54.8 Å². The Hall–Kier alpha value is -1.87. The topological polar surface area (TPSA) is 120 Å². The largest absolute Gasteiger partial charge is 0.477 e. The van der Waals surface area contributed by atoms with Gasteiger partial charge in [0.2, 0.25) is 15.9 Å². The Labute approximate surface area is 116 Å². The smallest absolute Gasteiger partial charge is 0.352 e. The molecule has 0 unspecified atom stereocenters. The minimum absolute atomic E-state index is 0.170. The normalized spacial score (nSPS) is 11.6. The molecule has 8 nitrogen and oxygen atoms in total. The molecule has 0 saturated heterocycles. The van der Waals surface area contributed by atoms with Crippen LogP contribution in [-0.2, 0) is 14.8 Å². The summed E-state index contributed by atoms with van der Waals surface area (Å²) in [6, 6.07) is 1.03. The molecule has 0 saturated carbocycles. The zero-order chi connectivity index (χ0) is 15.3. The van der Waals surface area contributed by atoms with Gasteiger partial charge in [0.15, 0.2) is 0 Å². The molecule has 9 heteroatoms. The average molecular weight is 303 g/mol. The number of hydrogen-bond acceptors (Lipinski definition) is 4. The molecule has 0 atom stereocenters. The summed E-state index contributed by atoms with van der Waals surface area (Å²) in [6.07, 6.45) is 1.64. The van der Waals surface area contributed by atoms with Crippen LogP contribution >= 0.6 is 0 Å². The number of sulfonamides is 1. The van der Waals surface area contributed by atoms with Crippen molar-refractivity contribution in [3.63, 3.8) is 0 Å². The van der Waals surface area contributed by atoms with Gasteiger partial charge in [-0.3, -0.25) is 4.79 Å². The lowest BCUT2D eigenvalue weighted by molar-refractivity contribution is -0.120. The van der Waals surface area contributed by atoms with E-state index in [1.54, 1.807) is 6.92 Å². The summed E-state index contributed by atoms with van der Waals surface area (Å²) in [6.45, 7) is 1.65. The van der Waals surface area contributed by atoms with Crippen LogP contribution in [0.5, 0.6) is 0 Å². The lowest BCUT2D eigenvalue weighted by Crippen LogP contribution is -2.39. The van der Waals surface area contributed by atoms with Gasteiger partial charge >= 0.3 is 5.97 Å². The van der Waals surface area contributed by atoms with Crippen molar-refractivity contribution in [3.8, 4) is 0 Å². The molecule has 0 bridgehead atoms. The van der Waals surface area contributed by atoms with Crippen molar-refractivity contribution in [2.45, 2.75) is 18.2 Å². The second-order valence-corrected chi connectivity index (χ2v) is 6.00. The fourth-order valence-corrected chi connectivity index (χ4v) is 3.05. The van der Waals surface area contributed by atoms with Gasteiger partial charge in [0.25, 0.3) is 0 Å². The second kappa shape index (κ2) is 6.53. The zero-order valence-electron chi connectivity index (χ0n) is 11.2. The number of carboxylic acid groups (broad SMARTS) is 1. The highest BCUT2D eigenvalue weighted by Gasteiger charge is 2.27. The highest BCUT2D eigenvalue weighted by atomic mass is 32.2. The maximum Gasteiger partial charge on any atom is 0.352 e. The lowest BCUT2D eigenvalue weighted by atomic mass is 10.4. The van der Waals surface area contributed by atoms with Gasteiger partial charge in [-0.15, -0.1) is 0 Å². The Kier molecular flexibility index (Phi) is 5.28. The van der Waals surface area contributed by atoms with Crippen LogP contribution in [0.25, 0.3) is 0 Å². The van der Waals surface area contributed by atoms with Crippen molar-refractivity contribution >= 4 is 21.9 Å². The maximum absolute atomic E-state index is 12.3. The van der Waals surface area contributed by atoms with Crippen molar-refractivity contribution in [2.24, 2.45) is 0 Å². The molecule has 0 radical (unpaired) electrons. The molecule has 0 aliphatic heterocycles. The van der Waals surface area contributed by atoms with E-state index in [2.05, 4.69) is 10.3 Å². The van der Waals surface area contributed by atoms with Gasteiger partial charge in [0.05, 0.1) is 6.54 Å². The van der Waals surface area contributed by atoms with E-state index in [4.69, 9.17) is 5.11 Å². The fraction of sp³-hybridized carbons (Fsp3) is 0.455. The number of likely N-dealkylation sites (N-methyl/N-ethyl adjacent to an activating group) is 1. The van der Waals surface area contributed by atoms with E-state index in [1.807, 2.05) is 0 Å². The third-order valence-electron chi connectivity index (χ3n) is 2.60. The van der Waals surface area contributed by atoms with Gasteiger partial charge in [0, 0.05) is 19.8 Å². The summed E-state index contributed by atoms with van der Waals surface area (Å²) in [5.41, 5.74) is -0.222. The molecule has 112 valence electrons. The molecule has 1 aromatic rings. The van der Waals surface area contributed by atoms with Crippen molar-refractivity contribution < 1.29 is 23.1 Å². The molecule has 1 amide bonds. The van der Waals surface area contributed by atoms with E-state index in [1.165, 1.54) is 7.05 Å². The van der Waals surface area contributed by atoms with Gasteiger partial charge in [-0.1, -0.05) is 6.92 Å². The Morgan fingerprint density at radius 1 is 1.45 bits per heavy atom. The van der Waals surface area contributed by atoms with Gasteiger partial charge in [0.1, 0.15) is 10.6 Å². The molecule has 20 heavy (non-hydrogen) atoms. The molecule has 0 aromatic carbocycles. The van der Waals surface area contributed by atoms with E-state index in [0.29, 0.717) is 6.42 Å². The first-order valence-electron chi connectivity index (χ1n) is 5.95. The minimum Gasteiger partial charge on any atom is -0.477 e. The third-order valence-corrected chi connectivity index (χ3v) is 4.42. The number of hydrogen-bond donors (Lipinski definition) is 3. The van der Waals surface area contributed by atoms with Crippen LogP contribution in [0.3, 0.4) is 0 Å². The number of aromatic carboxylic acids is 1. The monoisotopic (exact) mass is 303 g/mol. The molecule has 3 N–H and O–H groups in total. The van der Waals surface area contributed by atoms with Gasteiger partial charge < -0.3 is 15.4 Å². The Morgan fingerprint density at radius 3 is 2.55 bits per heavy atom. The quantitative estimate of drug-likeness (QED) is 0.647. The van der Waals surface area contributed by atoms with Crippen molar-refractivity contribution in [1.82, 2.24) is 14.6 Å². The number of carbonyl (C=O) groups is 2. The number of aromatic nitrogens is 1. The summed E-state index contributed by atoms with van der Waals surface area (Å²) < 4.78 is 25.7. The number of rotatable bonds is 7. The summed E-state index contributed by atoms with van der Waals surface area (Å²) in [5, 5.41) is 11.1. The lowest BCUT2D eigenvalue weighted by Gasteiger charge is -2.19. The summed E-state index contributed by atoms with van der Waals surface area (Å²) in [4.78, 5) is 24.3. The molecule has 1 aromatic heterocycles. The van der Waals surface area contributed by atoms with Gasteiger partial charge in [-0.2, -0.15) is 4.31 Å². The van der Waals surface area contributed by atoms with E-state index >= 15 is 0 Å². The van der Waals surface area contributed by atoms with Crippen LogP contribution < -0.4 is 5.32 Å². The third kappa shape index (κ3) is 3.58. The standard InChI is InChI=1S/C11H17N3O5S/c1-3-4-14(7-10(15)12-2)20(18,19)8-5-9(11(16)17)13-6-8/h5-6,13H,3-4,7H2,1-2H3,(H,12,15)(H,16,17). The highest BCUT2D eigenvalue weighted by Crippen LogP contribution is 2.17. The summed E-state index contributed by atoms with van der Waals surface area (Å²) in [7, 11) is -2.49. The highest BCUT2D eigenvalue weighted by molar-refractivity contribution is 7.89. The average Bonchev–Trinajstić information content (AvgIpc) is 2.88. The number of carboxylic acids is 1. The van der Waals surface area contributed by atoms with Gasteiger partial charge in [-0.05, 0) is 12.5 Å². The van der Waals surface area contributed by atoms with Crippen LogP contribution in [0.2, 0.25) is 0 Å². The molecular weight excluding hydrogens is 286 g/mol. The van der Waals surface area contributed by atoms with E-state index < -0.39 is 21.9 Å². The van der Waals surface area contributed by atoms with Crippen molar-refractivity contribution in [2.75, 3.05) is 20.1 Å². The first-order chi connectivity index (χ1) is 9.32. The summed E-state index contributed by atoms with van der Waals surface area (Å²) in [5.74, 6) is -1.68. The zero-order valence-corrected chi connectivity index (χ0v) is 12.0. The number of carbonyl (C=O) groups excluding carboxylic acids is 1. The predicted molar refractivity (Wildman–Crippen MR) is 70.9 cm³/mol. The molecule has 1 heterocycles. The van der Waals surface area contributed by atoms with Crippen molar-refractivity contribution in [3.05, 3.63) is 18.0 Å². The van der Waals surface area contributed by atoms with E-state index in [0.717, 1.165) is 16.6 Å². The molecule has 0 aliphatic carbocycles. The Bertz CT molecular complexity index is 593. The van der Waals surface area contributed by atoms with Crippen LogP contribution in [0.1, 0.15) is 23.8 Å². The molecule has 0 aliphatic rings. The Balaban J connectivity index is 3.08. The first-order valence-corrected chi connectivity index (χ1v) is 7.39. The van der Waals surface area contributed by atoms with Gasteiger partial charge in [-0.25, -0.2) is 13.2 Å². The van der Waals surface area contributed by atoms with E-state index in [-0.39, 0.29) is 23.7 Å². The van der Waals surface area contributed by atoms with Crippen LogP contribution in [0.4, 0.5) is 0 Å². The van der Waals surface area contributed by atoms with Crippen LogP contribution in [0, 0.1) is 0 Å². The number of nitrogens with one attached hydrogen (secondary N) is 2. The first kappa shape index (κ1) is 16.2. The summed E-state index contributed by atoms with van der Waals surface area (Å²) >= 11 is 0. The predicted octanol–water partition coefficient (Wildman–Crippen LogP) is -0.140. The number of H-pyrrole nitrogens is 1. The molecule has 0 fully saturated rings.